The van der Waals surface area contributed by atoms with Gasteiger partial charge in [0.15, 0.2) is 0 Å². The summed E-state index contributed by atoms with van der Waals surface area (Å²) in [5.41, 5.74) is -0.505. The number of imide groups is 1. The number of nitrogens with zero attached hydrogens (tertiary/aromatic N) is 1. The van der Waals surface area contributed by atoms with Gasteiger partial charge in [-0.25, -0.2) is 4.79 Å². The van der Waals surface area contributed by atoms with E-state index in [1.54, 1.807) is 11.9 Å². The molecule has 2 fully saturated rings. The van der Waals surface area contributed by atoms with Crippen molar-refractivity contribution in [3.05, 3.63) is 0 Å². The average Bonchev–Trinajstić information content (AvgIpc) is 2.34. The highest BCUT2D eigenvalue weighted by molar-refractivity contribution is 6.06. The first-order valence-corrected chi connectivity index (χ1v) is 4.76. The minimum atomic E-state index is -0.505. The van der Waals surface area contributed by atoms with E-state index in [1.807, 2.05) is 0 Å². The van der Waals surface area contributed by atoms with Crippen LogP contribution >= 0.6 is 0 Å². The van der Waals surface area contributed by atoms with E-state index in [4.69, 9.17) is 0 Å². The van der Waals surface area contributed by atoms with Gasteiger partial charge < -0.3 is 4.90 Å². The zero-order valence-corrected chi connectivity index (χ0v) is 7.80. The lowest BCUT2D eigenvalue weighted by atomic mass is 9.81. The molecule has 72 valence electrons. The number of hydrogen-bond donors (Lipinski definition) is 1. The molecular formula is C9H14N2O2. The maximum Gasteiger partial charge on any atom is 0.324 e. The summed E-state index contributed by atoms with van der Waals surface area (Å²) in [7, 11) is 1.71. The zero-order valence-electron chi connectivity index (χ0n) is 7.80. The van der Waals surface area contributed by atoms with E-state index in [-0.39, 0.29) is 11.9 Å². The van der Waals surface area contributed by atoms with Gasteiger partial charge in [-0.3, -0.25) is 10.1 Å². The Labute approximate surface area is 77.3 Å². The van der Waals surface area contributed by atoms with Crippen LogP contribution in [0.2, 0.25) is 0 Å². The molecule has 0 aromatic heterocycles. The molecule has 1 aliphatic carbocycles. The van der Waals surface area contributed by atoms with E-state index in [9.17, 15) is 9.59 Å². The fourth-order valence-electron chi connectivity index (χ4n) is 2.34. The maximum absolute atomic E-state index is 11.6. The van der Waals surface area contributed by atoms with Crippen molar-refractivity contribution >= 4 is 11.9 Å². The van der Waals surface area contributed by atoms with Crippen LogP contribution in [0.15, 0.2) is 0 Å². The largest absolute Gasteiger partial charge is 0.324 e. The quantitative estimate of drug-likeness (QED) is 0.565. The first-order chi connectivity index (χ1) is 6.17. The lowest BCUT2D eigenvalue weighted by molar-refractivity contribution is -0.127. The minimum Gasteiger partial charge on any atom is -0.313 e. The summed E-state index contributed by atoms with van der Waals surface area (Å²) in [5, 5.41) is 2.38. The number of urea groups is 1. The van der Waals surface area contributed by atoms with E-state index in [1.165, 1.54) is 6.42 Å². The van der Waals surface area contributed by atoms with Crippen molar-refractivity contribution in [1.82, 2.24) is 10.2 Å². The molecule has 1 saturated carbocycles. The molecule has 1 N–H and O–H groups in total. The average molecular weight is 182 g/mol. The predicted molar refractivity (Wildman–Crippen MR) is 47.1 cm³/mol. The highest BCUT2D eigenvalue weighted by atomic mass is 16.2. The van der Waals surface area contributed by atoms with Crippen molar-refractivity contribution in [3.63, 3.8) is 0 Å². The second-order valence-electron chi connectivity index (χ2n) is 3.91. The third-order valence-electron chi connectivity index (χ3n) is 3.27. The lowest BCUT2D eigenvalue weighted by Crippen LogP contribution is -2.49. The third-order valence-corrected chi connectivity index (χ3v) is 3.27. The van der Waals surface area contributed by atoms with Crippen molar-refractivity contribution in [2.75, 3.05) is 7.05 Å². The van der Waals surface area contributed by atoms with E-state index in [2.05, 4.69) is 5.32 Å². The van der Waals surface area contributed by atoms with Gasteiger partial charge in [-0.1, -0.05) is 19.3 Å². The summed E-state index contributed by atoms with van der Waals surface area (Å²) in [4.78, 5) is 24.4. The fourth-order valence-corrected chi connectivity index (χ4v) is 2.34. The Bertz CT molecular complexity index is 256. The Morgan fingerprint density at radius 1 is 1.23 bits per heavy atom. The molecule has 0 aromatic carbocycles. The standard InChI is InChI=1S/C9H14N2O2/c1-11-8(13)10-7(12)9(11)5-3-2-4-6-9/h2-6H2,1H3,(H,10,12,13). The van der Waals surface area contributed by atoms with Crippen molar-refractivity contribution in [2.24, 2.45) is 0 Å². The molecule has 3 amide bonds. The van der Waals surface area contributed by atoms with E-state index in [0.717, 1.165) is 25.7 Å². The van der Waals surface area contributed by atoms with Gasteiger partial charge in [-0.15, -0.1) is 0 Å². The number of rotatable bonds is 0. The Kier molecular flexibility index (Phi) is 1.78. The number of nitrogens with one attached hydrogen (secondary N) is 1. The Balaban J connectivity index is 2.28. The summed E-state index contributed by atoms with van der Waals surface area (Å²) < 4.78 is 0. The van der Waals surface area contributed by atoms with Gasteiger partial charge in [0.2, 0.25) is 0 Å². The molecule has 1 spiro atoms. The van der Waals surface area contributed by atoms with Gasteiger partial charge in [0.25, 0.3) is 5.91 Å². The zero-order chi connectivity index (χ0) is 9.47. The predicted octanol–water partition coefficient (Wildman–Crippen LogP) is 0.871. The first-order valence-electron chi connectivity index (χ1n) is 4.76. The second-order valence-corrected chi connectivity index (χ2v) is 3.91. The fraction of sp³-hybridized carbons (Fsp3) is 0.778. The molecule has 1 saturated heterocycles. The van der Waals surface area contributed by atoms with Gasteiger partial charge in [0.05, 0.1) is 0 Å². The summed E-state index contributed by atoms with van der Waals surface area (Å²) in [6.07, 6.45) is 4.91. The highest BCUT2D eigenvalue weighted by Crippen LogP contribution is 2.35. The first kappa shape index (κ1) is 8.53. The van der Waals surface area contributed by atoms with Gasteiger partial charge in [0, 0.05) is 7.05 Å². The number of carbonyl (C=O) groups excluding carboxylic acids is 2. The van der Waals surface area contributed by atoms with E-state index >= 15 is 0 Å². The van der Waals surface area contributed by atoms with Gasteiger partial charge in [-0.05, 0) is 12.8 Å². The van der Waals surface area contributed by atoms with Gasteiger partial charge >= 0.3 is 6.03 Å². The summed E-state index contributed by atoms with van der Waals surface area (Å²) in [6, 6.07) is -0.244. The Morgan fingerprint density at radius 2 is 1.85 bits per heavy atom. The molecular weight excluding hydrogens is 168 g/mol. The molecule has 0 unspecified atom stereocenters. The maximum atomic E-state index is 11.6. The SMILES string of the molecule is CN1C(=O)NC(=O)C12CCCCC2. The van der Waals surface area contributed by atoms with Crippen LogP contribution in [-0.4, -0.2) is 29.4 Å². The van der Waals surface area contributed by atoms with Crippen LogP contribution in [0.25, 0.3) is 0 Å². The number of amides is 3. The molecule has 2 rings (SSSR count). The number of hydrogen-bond acceptors (Lipinski definition) is 2. The van der Waals surface area contributed by atoms with Crippen LogP contribution in [-0.2, 0) is 4.79 Å². The number of likely N-dealkylation sites (N-methyl/N-ethyl adjacent to an activating group) is 1. The third kappa shape index (κ3) is 1.04. The van der Waals surface area contributed by atoms with Crippen molar-refractivity contribution in [3.8, 4) is 0 Å². The van der Waals surface area contributed by atoms with Crippen LogP contribution in [0.5, 0.6) is 0 Å². The van der Waals surface area contributed by atoms with Gasteiger partial charge in [0.1, 0.15) is 5.54 Å². The molecule has 0 aromatic rings. The monoisotopic (exact) mass is 182 g/mol. The smallest absolute Gasteiger partial charge is 0.313 e. The molecule has 13 heavy (non-hydrogen) atoms. The molecule has 0 radical (unpaired) electrons. The highest BCUT2D eigenvalue weighted by Gasteiger charge is 2.50. The molecule has 2 aliphatic rings. The Morgan fingerprint density at radius 3 is 2.31 bits per heavy atom. The van der Waals surface area contributed by atoms with Crippen LogP contribution < -0.4 is 5.32 Å². The molecule has 0 bridgehead atoms. The summed E-state index contributed by atoms with van der Waals surface area (Å²) >= 11 is 0. The van der Waals surface area contributed by atoms with E-state index < -0.39 is 5.54 Å². The minimum absolute atomic E-state index is 0.0975. The Hall–Kier alpha value is -1.06. The molecule has 1 aliphatic heterocycles. The van der Waals surface area contributed by atoms with Gasteiger partial charge in [-0.2, -0.15) is 0 Å². The number of carbonyl (C=O) groups is 2. The van der Waals surface area contributed by atoms with Crippen molar-refractivity contribution in [2.45, 2.75) is 37.6 Å². The summed E-state index contributed by atoms with van der Waals surface area (Å²) in [5.74, 6) is -0.0975. The molecule has 4 nitrogen and oxygen atoms in total. The molecule has 4 heteroatoms. The van der Waals surface area contributed by atoms with Crippen LogP contribution in [0.4, 0.5) is 4.79 Å². The summed E-state index contributed by atoms with van der Waals surface area (Å²) in [6.45, 7) is 0. The lowest BCUT2D eigenvalue weighted by Gasteiger charge is -2.35. The van der Waals surface area contributed by atoms with Crippen molar-refractivity contribution < 1.29 is 9.59 Å². The topological polar surface area (TPSA) is 49.4 Å². The molecule has 0 atom stereocenters. The molecule has 1 heterocycles. The normalized spacial score (nSPS) is 26.7. The van der Waals surface area contributed by atoms with Crippen molar-refractivity contribution in [1.29, 1.82) is 0 Å². The van der Waals surface area contributed by atoms with Crippen LogP contribution in [0.3, 0.4) is 0 Å². The van der Waals surface area contributed by atoms with E-state index in [0.29, 0.717) is 0 Å². The second kappa shape index (κ2) is 2.72. The van der Waals surface area contributed by atoms with Crippen LogP contribution in [0.1, 0.15) is 32.1 Å². The van der Waals surface area contributed by atoms with Crippen LogP contribution in [0, 0.1) is 0 Å².